The highest BCUT2D eigenvalue weighted by Gasteiger charge is 2.16. The molecule has 0 fully saturated rings. The summed E-state index contributed by atoms with van der Waals surface area (Å²) in [5.74, 6) is 0. The van der Waals surface area contributed by atoms with Gasteiger partial charge in [0.05, 0.1) is 11.4 Å². The van der Waals surface area contributed by atoms with Crippen molar-refractivity contribution < 1.29 is 0 Å². The second kappa shape index (κ2) is 6.55. The number of rotatable bonds is 4. The summed E-state index contributed by atoms with van der Waals surface area (Å²) >= 11 is 0. The van der Waals surface area contributed by atoms with Crippen molar-refractivity contribution in [3.05, 3.63) is 102 Å². The average Bonchev–Trinajstić information content (AvgIpc) is 3.07. The molecule has 0 aliphatic heterocycles. The van der Waals surface area contributed by atoms with Gasteiger partial charge < -0.3 is 0 Å². The van der Waals surface area contributed by atoms with Crippen LogP contribution >= 0.6 is 0 Å². The highest BCUT2D eigenvalue weighted by atomic mass is 15.1. The summed E-state index contributed by atoms with van der Waals surface area (Å²) < 4.78 is 0. The van der Waals surface area contributed by atoms with Gasteiger partial charge in [0, 0.05) is 17.5 Å². The normalized spacial score (nSPS) is 10.7. The zero-order valence-electron chi connectivity index (χ0n) is 13.3. The van der Waals surface area contributed by atoms with Crippen molar-refractivity contribution in [3.8, 4) is 22.5 Å². The molecule has 2 nitrogen and oxygen atoms in total. The number of aromatic amines is 1. The van der Waals surface area contributed by atoms with E-state index in [2.05, 4.69) is 89.1 Å². The second-order valence-corrected chi connectivity index (χ2v) is 5.82. The molecule has 4 aromatic rings. The quantitative estimate of drug-likeness (QED) is 0.542. The predicted molar refractivity (Wildman–Crippen MR) is 98.7 cm³/mol. The van der Waals surface area contributed by atoms with Crippen LogP contribution in [0, 0.1) is 0 Å². The standard InChI is InChI=1S/C22H18N2/c1-4-10-17(11-5-1)16-20-21(18-12-6-2-7-13-18)23-24-22(20)19-14-8-3-9-15-19/h1-15H,16H2,(H,23,24). The van der Waals surface area contributed by atoms with Crippen molar-refractivity contribution in [1.29, 1.82) is 0 Å². The molecule has 1 aromatic heterocycles. The van der Waals surface area contributed by atoms with Gasteiger partial charge in [-0.2, -0.15) is 5.10 Å². The van der Waals surface area contributed by atoms with Gasteiger partial charge in [-0.3, -0.25) is 5.10 Å². The summed E-state index contributed by atoms with van der Waals surface area (Å²) in [6.07, 6.45) is 0.853. The summed E-state index contributed by atoms with van der Waals surface area (Å²) in [4.78, 5) is 0. The number of benzene rings is 3. The predicted octanol–water partition coefficient (Wildman–Crippen LogP) is 5.33. The molecule has 0 spiro atoms. The van der Waals surface area contributed by atoms with E-state index in [9.17, 15) is 0 Å². The molecule has 0 atom stereocenters. The largest absolute Gasteiger partial charge is 0.277 e. The lowest BCUT2D eigenvalue weighted by molar-refractivity contribution is 1.10. The lowest BCUT2D eigenvalue weighted by Gasteiger charge is -2.07. The second-order valence-electron chi connectivity index (χ2n) is 5.82. The molecule has 1 heterocycles. The number of aromatic nitrogens is 2. The molecule has 2 heteroatoms. The van der Waals surface area contributed by atoms with Gasteiger partial charge in [-0.1, -0.05) is 91.0 Å². The molecule has 0 aliphatic rings. The van der Waals surface area contributed by atoms with Crippen molar-refractivity contribution in [2.45, 2.75) is 6.42 Å². The van der Waals surface area contributed by atoms with E-state index in [0.717, 1.165) is 28.9 Å². The Morgan fingerprint density at radius 3 is 1.79 bits per heavy atom. The molecule has 4 rings (SSSR count). The van der Waals surface area contributed by atoms with E-state index in [-0.39, 0.29) is 0 Å². The summed E-state index contributed by atoms with van der Waals surface area (Å²) in [6, 6.07) is 31.3. The Bertz CT molecular complexity index is 853. The number of hydrogen-bond acceptors (Lipinski definition) is 1. The van der Waals surface area contributed by atoms with Crippen molar-refractivity contribution >= 4 is 0 Å². The molecule has 0 radical (unpaired) electrons. The fourth-order valence-corrected chi connectivity index (χ4v) is 3.02. The van der Waals surface area contributed by atoms with Crippen LogP contribution in [-0.4, -0.2) is 10.2 Å². The zero-order valence-corrected chi connectivity index (χ0v) is 13.3. The Morgan fingerprint density at radius 1 is 0.625 bits per heavy atom. The maximum atomic E-state index is 4.63. The van der Waals surface area contributed by atoms with Crippen LogP contribution < -0.4 is 0 Å². The van der Waals surface area contributed by atoms with E-state index >= 15 is 0 Å². The Balaban J connectivity index is 1.85. The van der Waals surface area contributed by atoms with Gasteiger partial charge in [0.2, 0.25) is 0 Å². The summed E-state index contributed by atoms with van der Waals surface area (Å²) in [5.41, 5.74) is 6.95. The maximum absolute atomic E-state index is 4.63. The third kappa shape index (κ3) is 2.86. The van der Waals surface area contributed by atoms with Gasteiger partial charge in [-0.05, 0) is 11.1 Å². The first kappa shape index (κ1) is 14.5. The first-order valence-corrected chi connectivity index (χ1v) is 8.14. The summed E-state index contributed by atoms with van der Waals surface area (Å²) in [5, 5.41) is 7.89. The molecular weight excluding hydrogens is 292 g/mol. The number of nitrogens with zero attached hydrogens (tertiary/aromatic N) is 1. The fraction of sp³-hybridized carbons (Fsp3) is 0.0455. The van der Waals surface area contributed by atoms with Crippen LogP contribution in [0.15, 0.2) is 91.0 Å². The monoisotopic (exact) mass is 310 g/mol. The van der Waals surface area contributed by atoms with Gasteiger partial charge in [0.1, 0.15) is 0 Å². The van der Waals surface area contributed by atoms with E-state index in [1.165, 1.54) is 11.1 Å². The van der Waals surface area contributed by atoms with E-state index in [1.54, 1.807) is 0 Å². The van der Waals surface area contributed by atoms with Gasteiger partial charge in [-0.25, -0.2) is 0 Å². The highest BCUT2D eigenvalue weighted by molar-refractivity contribution is 5.74. The van der Waals surface area contributed by atoms with Gasteiger partial charge in [0.25, 0.3) is 0 Å². The Hall–Kier alpha value is -3.13. The Kier molecular flexibility index (Phi) is 3.95. The van der Waals surface area contributed by atoms with E-state index < -0.39 is 0 Å². The third-order valence-electron chi connectivity index (χ3n) is 4.20. The molecule has 24 heavy (non-hydrogen) atoms. The SMILES string of the molecule is c1ccc(Cc2c(-c3ccccc3)n[nH]c2-c2ccccc2)cc1. The van der Waals surface area contributed by atoms with Crippen LogP contribution in [0.2, 0.25) is 0 Å². The van der Waals surface area contributed by atoms with Crippen LogP contribution in [0.25, 0.3) is 22.5 Å². The molecule has 0 bridgehead atoms. The van der Waals surface area contributed by atoms with E-state index in [0.29, 0.717) is 0 Å². The average molecular weight is 310 g/mol. The molecule has 0 unspecified atom stereocenters. The van der Waals surface area contributed by atoms with Gasteiger partial charge in [0.15, 0.2) is 0 Å². The number of H-pyrrole nitrogens is 1. The van der Waals surface area contributed by atoms with Crippen LogP contribution in [-0.2, 0) is 6.42 Å². The molecular formula is C22H18N2. The van der Waals surface area contributed by atoms with E-state index in [4.69, 9.17) is 0 Å². The van der Waals surface area contributed by atoms with Crippen molar-refractivity contribution in [1.82, 2.24) is 10.2 Å². The maximum Gasteiger partial charge on any atom is 0.0962 e. The third-order valence-corrected chi connectivity index (χ3v) is 4.20. The minimum atomic E-state index is 0.853. The molecule has 0 aliphatic carbocycles. The first-order valence-electron chi connectivity index (χ1n) is 8.14. The lowest BCUT2D eigenvalue weighted by Crippen LogP contribution is -1.92. The topological polar surface area (TPSA) is 28.7 Å². The molecule has 0 saturated heterocycles. The van der Waals surface area contributed by atoms with Crippen LogP contribution in [0.1, 0.15) is 11.1 Å². The van der Waals surface area contributed by atoms with Crippen LogP contribution in [0.3, 0.4) is 0 Å². The zero-order chi connectivity index (χ0) is 16.2. The first-order chi connectivity index (χ1) is 11.9. The Labute approximate surface area is 141 Å². The minimum absolute atomic E-state index is 0.853. The molecule has 116 valence electrons. The smallest absolute Gasteiger partial charge is 0.0962 e. The highest BCUT2D eigenvalue weighted by Crippen LogP contribution is 2.31. The lowest BCUT2D eigenvalue weighted by atomic mass is 9.96. The van der Waals surface area contributed by atoms with Crippen molar-refractivity contribution in [2.24, 2.45) is 0 Å². The van der Waals surface area contributed by atoms with Gasteiger partial charge >= 0.3 is 0 Å². The van der Waals surface area contributed by atoms with Crippen molar-refractivity contribution in [3.63, 3.8) is 0 Å². The van der Waals surface area contributed by atoms with Crippen LogP contribution in [0.5, 0.6) is 0 Å². The van der Waals surface area contributed by atoms with Crippen molar-refractivity contribution in [2.75, 3.05) is 0 Å². The molecule has 3 aromatic carbocycles. The number of hydrogen-bond donors (Lipinski definition) is 1. The summed E-state index contributed by atoms with van der Waals surface area (Å²) in [6.45, 7) is 0. The molecule has 0 amide bonds. The Morgan fingerprint density at radius 2 is 1.17 bits per heavy atom. The van der Waals surface area contributed by atoms with Gasteiger partial charge in [-0.15, -0.1) is 0 Å². The molecule has 1 N–H and O–H groups in total. The summed E-state index contributed by atoms with van der Waals surface area (Å²) in [7, 11) is 0. The number of nitrogens with one attached hydrogen (secondary N) is 1. The molecule has 0 saturated carbocycles. The van der Waals surface area contributed by atoms with Crippen LogP contribution in [0.4, 0.5) is 0 Å². The van der Waals surface area contributed by atoms with E-state index in [1.807, 2.05) is 12.1 Å². The fourth-order valence-electron chi connectivity index (χ4n) is 3.02. The minimum Gasteiger partial charge on any atom is -0.277 e.